The van der Waals surface area contributed by atoms with Crippen LogP contribution in [0.15, 0.2) is 45.6 Å². The lowest BCUT2D eigenvalue weighted by molar-refractivity contribution is 0.482. The third-order valence-corrected chi connectivity index (χ3v) is 11.2. The lowest BCUT2D eigenvalue weighted by atomic mass is 9.84. The fourth-order valence-electron chi connectivity index (χ4n) is 5.17. The molecular weight excluding hydrogens is 316 g/mol. The van der Waals surface area contributed by atoms with Crippen molar-refractivity contribution >= 4 is 8.07 Å². The summed E-state index contributed by atoms with van der Waals surface area (Å²) in [4.78, 5) is 0. The molecule has 0 N–H and O–H groups in total. The normalized spacial score (nSPS) is 25.8. The van der Waals surface area contributed by atoms with E-state index in [4.69, 9.17) is 0 Å². The van der Waals surface area contributed by atoms with E-state index in [1.165, 1.54) is 11.1 Å². The van der Waals surface area contributed by atoms with Crippen molar-refractivity contribution in [3.8, 4) is 0 Å². The van der Waals surface area contributed by atoms with Crippen molar-refractivity contribution in [3.63, 3.8) is 0 Å². The molecule has 0 aliphatic heterocycles. The fourth-order valence-corrected chi connectivity index (χ4v) is 10.8. The van der Waals surface area contributed by atoms with Gasteiger partial charge >= 0.3 is 0 Å². The first kappa shape index (κ1) is 20.5. The number of allylic oxidation sites excluding steroid dienone is 8. The average Bonchev–Trinajstić information content (AvgIpc) is 2.89. The molecule has 0 aromatic rings. The SMILES string of the molecule is CC1=C(C)C([Si](C)(C)C2C(C(C)(C)C)=CC(C)=C2C)C(C(C)(C)C)=C1. The summed E-state index contributed by atoms with van der Waals surface area (Å²) in [5.74, 6) is 0. The lowest BCUT2D eigenvalue weighted by Gasteiger charge is -2.45. The van der Waals surface area contributed by atoms with E-state index in [1.807, 2.05) is 0 Å². The van der Waals surface area contributed by atoms with Crippen molar-refractivity contribution in [2.75, 3.05) is 0 Å². The first-order chi connectivity index (χ1) is 11.1. The smallest absolute Gasteiger partial charge is 0.0679 e. The van der Waals surface area contributed by atoms with Gasteiger partial charge in [-0.05, 0) is 49.6 Å². The summed E-state index contributed by atoms with van der Waals surface area (Å²) in [6.45, 7) is 29.1. The molecule has 140 valence electrons. The van der Waals surface area contributed by atoms with E-state index in [-0.39, 0.29) is 10.8 Å². The van der Waals surface area contributed by atoms with E-state index in [0.29, 0.717) is 11.1 Å². The van der Waals surface area contributed by atoms with Crippen LogP contribution >= 0.6 is 0 Å². The molecule has 2 rings (SSSR count). The minimum absolute atomic E-state index is 0.241. The number of hydrogen-bond donors (Lipinski definition) is 0. The lowest BCUT2D eigenvalue weighted by Crippen LogP contribution is -2.43. The van der Waals surface area contributed by atoms with Gasteiger partial charge in [-0.1, -0.05) is 100 Å². The van der Waals surface area contributed by atoms with Crippen LogP contribution in [-0.4, -0.2) is 8.07 Å². The highest BCUT2D eigenvalue weighted by atomic mass is 28.3. The van der Waals surface area contributed by atoms with Gasteiger partial charge < -0.3 is 0 Å². The van der Waals surface area contributed by atoms with Gasteiger partial charge in [0.05, 0.1) is 8.07 Å². The Hall–Kier alpha value is -0.823. The highest BCUT2D eigenvalue weighted by Gasteiger charge is 2.50. The fraction of sp³-hybridized carbons (Fsp3) is 0.667. The Morgan fingerprint density at radius 3 is 1.16 bits per heavy atom. The second-order valence-electron chi connectivity index (χ2n) is 11.1. The first-order valence-corrected chi connectivity index (χ1v) is 13.0. The minimum Gasteiger partial charge on any atom is -0.0679 e. The maximum Gasteiger partial charge on any atom is 0.0713 e. The molecule has 0 aromatic carbocycles. The van der Waals surface area contributed by atoms with Crippen molar-refractivity contribution in [2.24, 2.45) is 10.8 Å². The van der Waals surface area contributed by atoms with Crippen molar-refractivity contribution in [1.82, 2.24) is 0 Å². The third kappa shape index (κ3) is 3.41. The standard InChI is InChI=1S/C24H40Si/c1-15-13-19(23(5,6)7)21(17(15)3)25(11,12)22-18(4)16(2)14-20(22)24(8,9)10/h13-14,21-22H,1-12H3. The third-order valence-electron chi connectivity index (χ3n) is 6.70. The molecule has 0 heterocycles. The monoisotopic (exact) mass is 356 g/mol. The summed E-state index contributed by atoms with van der Waals surface area (Å²) in [6.07, 6.45) is 5.02. The number of hydrogen-bond acceptors (Lipinski definition) is 0. The van der Waals surface area contributed by atoms with Crippen LogP contribution in [0.4, 0.5) is 0 Å². The van der Waals surface area contributed by atoms with Gasteiger partial charge in [-0.25, -0.2) is 0 Å². The maximum atomic E-state index is 2.64. The van der Waals surface area contributed by atoms with E-state index in [0.717, 1.165) is 0 Å². The van der Waals surface area contributed by atoms with Crippen LogP contribution in [0.25, 0.3) is 0 Å². The maximum absolute atomic E-state index is 2.64. The van der Waals surface area contributed by atoms with Crippen LogP contribution in [0.1, 0.15) is 69.2 Å². The topological polar surface area (TPSA) is 0 Å². The van der Waals surface area contributed by atoms with Gasteiger partial charge in [0.2, 0.25) is 0 Å². The Labute approximate surface area is 158 Å². The predicted octanol–water partition coefficient (Wildman–Crippen LogP) is 8.08. The zero-order valence-corrected chi connectivity index (χ0v) is 19.8. The molecule has 0 amide bonds. The van der Waals surface area contributed by atoms with Crippen molar-refractivity contribution < 1.29 is 0 Å². The average molecular weight is 357 g/mol. The zero-order chi connectivity index (χ0) is 19.5. The summed E-state index contributed by atoms with van der Waals surface area (Å²) >= 11 is 0. The Balaban J connectivity index is 2.61. The molecule has 0 radical (unpaired) electrons. The summed E-state index contributed by atoms with van der Waals surface area (Å²) < 4.78 is 0. The van der Waals surface area contributed by atoms with Gasteiger partial charge in [0.25, 0.3) is 0 Å². The summed E-state index contributed by atoms with van der Waals surface area (Å²) in [6, 6.07) is 0. The molecule has 0 fully saturated rings. The molecule has 0 saturated carbocycles. The van der Waals surface area contributed by atoms with E-state index in [9.17, 15) is 0 Å². The van der Waals surface area contributed by atoms with Gasteiger partial charge in [0.15, 0.2) is 0 Å². The van der Waals surface area contributed by atoms with Crippen LogP contribution in [0.5, 0.6) is 0 Å². The molecule has 2 unspecified atom stereocenters. The largest absolute Gasteiger partial charge is 0.0713 e. The molecule has 0 saturated heterocycles. The molecule has 25 heavy (non-hydrogen) atoms. The van der Waals surface area contributed by atoms with Crippen molar-refractivity contribution in [1.29, 1.82) is 0 Å². The van der Waals surface area contributed by atoms with Crippen LogP contribution in [0.3, 0.4) is 0 Å². The van der Waals surface area contributed by atoms with Gasteiger partial charge in [0.1, 0.15) is 0 Å². The van der Waals surface area contributed by atoms with Crippen LogP contribution in [0.2, 0.25) is 24.2 Å². The predicted molar refractivity (Wildman–Crippen MR) is 117 cm³/mol. The van der Waals surface area contributed by atoms with E-state index >= 15 is 0 Å². The van der Waals surface area contributed by atoms with Crippen molar-refractivity contribution in [2.45, 2.75) is 93.4 Å². The molecule has 0 aromatic heterocycles. The van der Waals surface area contributed by atoms with E-state index < -0.39 is 8.07 Å². The van der Waals surface area contributed by atoms with Crippen LogP contribution in [-0.2, 0) is 0 Å². The summed E-state index contributed by atoms with van der Waals surface area (Å²) in [7, 11) is -1.65. The Morgan fingerprint density at radius 2 is 0.920 bits per heavy atom. The van der Waals surface area contributed by atoms with E-state index in [1.54, 1.807) is 22.3 Å². The second-order valence-corrected chi connectivity index (χ2v) is 15.9. The molecule has 1 heteroatoms. The van der Waals surface area contributed by atoms with Gasteiger partial charge in [-0.3, -0.25) is 0 Å². The quantitative estimate of drug-likeness (QED) is 0.439. The Bertz CT molecular complexity index is 633. The molecule has 2 atom stereocenters. The molecule has 0 nitrogen and oxygen atoms in total. The minimum atomic E-state index is -1.65. The van der Waals surface area contributed by atoms with Gasteiger partial charge in [-0.2, -0.15) is 0 Å². The molecular formula is C24H40Si. The number of rotatable bonds is 2. The highest BCUT2D eigenvalue weighted by molar-refractivity contribution is 6.83. The summed E-state index contributed by atoms with van der Waals surface area (Å²) in [5, 5.41) is 0. The highest BCUT2D eigenvalue weighted by Crippen LogP contribution is 2.59. The second kappa shape index (κ2) is 6.11. The van der Waals surface area contributed by atoms with Crippen LogP contribution < -0.4 is 0 Å². The molecule has 0 bridgehead atoms. The molecule has 2 aliphatic carbocycles. The Kier molecular flexibility index (Phi) is 5.01. The molecule has 0 spiro atoms. The zero-order valence-electron chi connectivity index (χ0n) is 18.8. The first-order valence-electron chi connectivity index (χ1n) is 9.89. The van der Waals surface area contributed by atoms with Crippen LogP contribution in [0, 0.1) is 10.8 Å². The summed E-state index contributed by atoms with van der Waals surface area (Å²) in [5.41, 5.74) is 11.4. The molecule has 2 aliphatic rings. The van der Waals surface area contributed by atoms with Gasteiger partial charge in [-0.15, -0.1) is 0 Å². The van der Waals surface area contributed by atoms with Gasteiger partial charge in [0, 0.05) is 0 Å². The Morgan fingerprint density at radius 1 is 0.640 bits per heavy atom. The van der Waals surface area contributed by atoms with Crippen molar-refractivity contribution in [3.05, 3.63) is 45.6 Å². The van der Waals surface area contributed by atoms with E-state index in [2.05, 4.69) is 94.5 Å².